The average molecular weight is 442 g/mol. The Morgan fingerprint density at radius 3 is 2.56 bits per heavy atom. The number of aliphatic hydroxyl groups excluding tert-OH is 1. The molecular formula is C22H31N7O3. The van der Waals surface area contributed by atoms with Gasteiger partial charge in [0.15, 0.2) is 17.3 Å². The van der Waals surface area contributed by atoms with Crippen LogP contribution in [0.25, 0.3) is 0 Å². The summed E-state index contributed by atoms with van der Waals surface area (Å²) in [5.41, 5.74) is 7.39. The smallest absolute Gasteiger partial charge is 0.271 e. The van der Waals surface area contributed by atoms with Gasteiger partial charge in [-0.1, -0.05) is 6.92 Å². The van der Waals surface area contributed by atoms with Crippen LogP contribution in [0.3, 0.4) is 0 Å². The van der Waals surface area contributed by atoms with E-state index < -0.39 is 5.91 Å². The monoisotopic (exact) mass is 441 g/mol. The number of aliphatic hydroxyl groups is 1. The summed E-state index contributed by atoms with van der Waals surface area (Å²) in [6.07, 6.45) is 5.40. The number of anilines is 4. The van der Waals surface area contributed by atoms with E-state index in [0.29, 0.717) is 37.0 Å². The molecule has 1 saturated carbocycles. The number of carbonyl (C=O) groups is 1. The minimum absolute atomic E-state index is 0.0884. The molecule has 2 aromatic rings. The van der Waals surface area contributed by atoms with Crippen LogP contribution >= 0.6 is 0 Å². The number of aryl methyl sites for hydroxylation is 1. The molecule has 10 heteroatoms. The summed E-state index contributed by atoms with van der Waals surface area (Å²) in [5.74, 6) is 0.813. The number of pyridine rings is 1. The van der Waals surface area contributed by atoms with Crippen LogP contribution < -0.4 is 21.3 Å². The maximum Gasteiger partial charge on any atom is 0.271 e. The molecule has 5 N–H and O–H groups in total. The third kappa shape index (κ3) is 5.25. The molecule has 4 rings (SSSR count). The predicted octanol–water partition coefficient (Wildman–Crippen LogP) is 1.83. The average Bonchev–Trinajstić information content (AvgIpc) is 2.81. The summed E-state index contributed by atoms with van der Waals surface area (Å²) in [4.78, 5) is 27.9. The van der Waals surface area contributed by atoms with E-state index in [4.69, 9.17) is 10.5 Å². The van der Waals surface area contributed by atoms with Gasteiger partial charge in [0.05, 0.1) is 36.9 Å². The zero-order chi connectivity index (χ0) is 22.5. The summed E-state index contributed by atoms with van der Waals surface area (Å²) in [6, 6.07) is 4.03. The number of rotatable bonds is 7. The first kappa shape index (κ1) is 22.2. The van der Waals surface area contributed by atoms with Crippen molar-refractivity contribution in [2.45, 2.75) is 51.2 Å². The summed E-state index contributed by atoms with van der Waals surface area (Å²) < 4.78 is 5.40. The minimum Gasteiger partial charge on any atom is -0.393 e. The molecule has 0 aromatic carbocycles. The number of hydrogen-bond donors (Lipinski definition) is 4. The Bertz CT molecular complexity index is 924. The molecule has 3 heterocycles. The second-order valence-electron chi connectivity index (χ2n) is 8.21. The van der Waals surface area contributed by atoms with Gasteiger partial charge in [0.1, 0.15) is 5.82 Å². The Morgan fingerprint density at radius 2 is 1.94 bits per heavy atom. The first-order chi connectivity index (χ1) is 15.5. The van der Waals surface area contributed by atoms with E-state index in [9.17, 15) is 9.90 Å². The van der Waals surface area contributed by atoms with Gasteiger partial charge >= 0.3 is 0 Å². The molecule has 172 valence electrons. The highest BCUT2D eigenvalue weighted by molar-refractivity contribution is 5.96. The lowest BCUT2D eigenvalue weighted by atomic mass is 9.93. The van der Waals surface area contributed by atoms with E-state index in [0.717, 1.165) is 44.5 Å². The fraction of sp³-hybridized carbons (Fsp3) is 0.545. The van der Waals surface area contributed by atoms with Crippen LogP contribution in [0.4, 0.5) is 23.1 Å². The van der Waals surface area contributed by atoms with Crippen molar-refractivity contribution in [3.8, 4) is 0 Å². The Kier molecular flexibility index (Phi) is 7.01. The third-order valence-electron chi connectivity index (χ3n) is 5.94. The summed E-state index contributed by atoms with van der Waals surface area (Å²) >= 11 is 0. The van der Waals surface area contributed by atoms with Crippen molar-refractivity contribution in [3.05, 3.63) is 29.7 Å². The van der Waals surface area contributed by atoms with Crippen molar-refractivity contribution in [2.24, 2.45) is 5.73 Å². The Hall–Kier alpha value is -2.98. The van der Waals surface area contributed by atoms with Crippen LogP contribution in [-0.2, 0) is 11.2 Å². The van der Waals surface area contributed by atoms with Gasteiger partial charge in [0, 0.05) is 19.1 Å². The topological polar surface area (TPSA) is 139 Å². The molecule has 2 fully saturated rings. The molecule has 0 radical (unpaired) electrons. The van der Waals surface area contributed by atoms with Crippen molar-refractivity contribution in [3.63, 3.8) is 0 Å². The Labute approximate surface area is 187 Å². The van der Waals surface area contributed by atoms with Crippen molar-refractivity contribution in [1.82, 2.24) is 15.0 Å². The highest BCUT2D eigenvalue weighted by atomic mass is 16.5. The largest absolute Gasteiger partial charge is 0.393 e. The lowest BCUT2D eigenvalue weighted by Gasteiger charge is -2.28. The Morgan fingerprint density at radius 1 is 1.19 bits per heavy atom. The van der Waals surface area contributed by atoms with Crippen LogP contribution in [0, 0.1) is 0 Å². The first-order valence-electron chi connectivity index (χ1n) is 11.2. The predicted molar refractivity (Wildman–Crippen MR) is 122 cm³/mol. The highest BCUT2D eigenvalue weighted by Gasteiger charge is 2.23. The van der Waals surface area contributed by atoms with Crippen LogP contribution in [0.5, 0.6) is 0 Å². The van der Waals surface area contributed by atoms with E-state index >= 15 is 0 Å². The normalized spacial score (nSPS) is 21.2. The molecule has 2 aliphatic rings. The highest BCUT2D eigenvalue weighted by Crippen LogP contribution is 2.26. The summed E-state index contributed by atoms with van der Waals surface area (Å²) in [6.45, 7) is 5.03. The lowest BCUT2D eigenvalue weighted by molar-refractivity contribution is 0.0995. The molecule has 10 nitrogen and oxygen atoms in total. The molecule has 1 amide bonds. The van der Waals surface area contributed by atoms with E-state index in [-0.39, 0.29) is 23.7 Å². The molecule has 1 saturated heterocycles. The molecule has 1 aliphatic carbocycles. The molecule has 0 spiro atoms. The quantitative estimate of drug-likeness (QED) is 0.507. The van der Waals surface area contributed by atoms with Gasteiger partial charge < -0.3 is 31.1 Å². The number of nitrogens with one attached hydrogen (secondary N) is 2. The van der Waals surface area contributed by atoms with Crippen molar-refractivity contribution in [1.29, 1.82) is 0 Å². The van der Waals surface area contributed by atoms with Crippen LogP contribution in [-0.4, -0.2) is 64.4 Å². The van der Waals surface area contributed by atoms with Crippen molar-refractivity contribution >= 4 is 29.0 Å². The Balaban J connectivity index is 1.55. The minimum atomic E-state index is -0.646. The van der Waals surface area contributed by atoms with Gasteiger partial charge in [-0.25, -0.2) is 15.0 Å². The molecular weight excluding hydrogens is 410 g/mol. The van der Waals surface area contributed by atoms with Crippen molar-refractivity contribution in [2.75, 3.05) is 41.8 Å². The number of nitrogens with zero attached hydrogens (tertiary/aromatic N) is 4. The molecule has 0 unspecified atom stereocenters. The molecule has 32 heavy (non-hydrogen) atoms. The third-order valence-corrected chi connectivity index (χ3v) is 5.94. The van der Waals surface area contributed by atoms with Crippen molar-refractivity contribution < 1.29 is 14.6 Å². The number of ether oxygens (including phenoxy) is 1. The van der Waals surface area contributed by atoms with E-state index in [1.54, 1.807) is 6.20 Å². The lowest BCUT2D eigenvalue weighted by Crippen LogP contribution is -2.36. The van der Waals surface area contributed by atoms with E-state index in [1.165, 1.54) is 0 Å². The maximum atomic E-state index is 12.1. The second kappa shape index (κ2) is 10.1. The zero-order valence-electron chi connectivity index (χ0n) is 18.4. The molecule has 0 atom stereocenters. The number of primary amides is 1. The van der Waals surface area contributed by atoms with Crippen LogP contribution in [0.15, 0.2) is 18.3 Å². The van der Waals surface area contributed by atoms with Gasteiger partial charge in [0.25, 0.3) is 5.91 Å². The first-order valence-corrected chi connectivity index (χ1v) is 11.2. The fourth-order valence-electron chi connectivity index (χ4n) is 4.09. The maximum absolute atomic E-state index is 12.1. The van der Waals surface area contributed by atoms with Gasteiger partial charge in [-0.2, -0.15) is 0 Å². The van der Waals surface area contributed by atoms with E-state index in [1.807, 2.05) is 19.1 Å². The number of nitrogens with two attached hydrogens (primary N) is 1. The number of hydrogen-bond acceptors (Lipinski definition) is 9. The van der Waals surface area contributed by atoms with E-state index in [2.05, 4.69) is 30.5 Å². The number of morpholine rings is 1. The van der Waals surface area contributed by atoms with Gasteiger partial charge in [-0.05, 0) is 44.2 Å². The SMILES string of the molecule is CCc1nc(C(N)=O)c(Nc2ccc(N3CCOCC3)cn2)nc1N[C@H]1CC[C@H](O)CC1. The van der Waals surface area contributed by atoms with Gasteiger partial charge in [0.2, 0.25) is 0 Å². The van der Waals surface area contributed by atoms with Crippen LogP contribution in [0.2, 0.25) is 0 Å². The van der Waals surface area contributed by atoms with Gasteiger partial charge in [-0.3, -0.25) is 4.79 Å². The molecule has 1 aliphatic heterocycles. The van der Waals surface area contributed by atoms with Gasteiger partial charge in [-0.15, -0.1) is 0 Å². The second-order valence-corrected chi connectivity index (χ2v) is 8.21. The number of aromatic nitrogens is 3. The summed E-state index contributed by atoms with van der Waals surface area (Å²) in [7, 11) is 0. The standard InChI is InChI=1S/C22H31N7O3/c1-2-17-21(25-14-3-6-16(30)7-4-14)28-22(19(26-17)20(23)31)27-18-8-5-15(13-24-18)29-9-11-32-12-10-29/h5,8,13-14,16,30H,2-4,6-7,9-12H2,1H3,(H2,23,31)(H2,24,25,27,28)/t14-,16-. The summed E-state index contributed by atoms with van der Waals surface area (Å²) in [5, 5.41) is 16.3. The molecule has 0 bridgehead atoms. The number of amides is 1. The molecule has 2 aromatic heterocycles. The number of carbonyl (C=O) groups excluding carboxylic acids is 1. The fourth-order valence-corrected chi connectivity index (χ4v) is 4.09. The van der Waals surface area contributed by atoms with Crippen LogP contribution in [0.1, 0.15) is 48.8 Å². The zero-order valence-corrected chi connectivity index (χ0v) is 18.4.